The fourth-order valence-corrected chi connectivity index (χ4v) is 3.87. The van der Waals surface area contributed by atoms with Gasteiger partial charge in [-0.05, 0) is 37.6 Å². The van der Waals surface area contributed by atoms with Crippen molar-refractivity contribution in [2.24, 2.45) is 0 Å². The first-order valence-electron chi connectivity index (χ1n) is 9.80. The van der Waals surface area contributed by atoms with Gasteiger partial charge in [-0.1, -0.05) is 29.3 Å². The van der Waals surface area contributed by atoms with Crippen LogP contribution in [0.5, 0.6) is 0 Å². The van der Waals surface area contributed by atoms with Crippen LogP contribution in [0.2, 0.25) is 10.0 Å². The zero-order chi connectivity index (χ0) is 22.5. The van der Waals surface area contributed by atoms with Crippen LogP contribution >= 0.6 is 23.2 Å². The molecule has 31 heavy (non-hydrogen) atoms. The summed E-state index contributed by atoms with van der Waals surface area (Å²) < 4.78 is 0. The molecule has 1 aliphatic heterocycles. The van der Waals surface area contributed by atoms with Gasteiger partial charge in [0.1, 0.15) is 0 Å². The Balaban J connectivity index is 1.61. The van der Waals surface area contributed by atoms with Gasteiger partial charge in [0, 0.05) is 48.9 Å². The lowest BCUT2D eigenvalue weighted by atomic mass is 10.2. The van der Waals surface area contributed by atoms with E-state index in [1.165, 1.54) is 18.2 Å². The molecule has 0 bridgehead atoms. The van der Waals surface area contributed by atoms with Crippen LogP contribution in [0.3, 0.4) is 0 Å². The molecule has 1 N–H and O–H groups in total. The van der Waals surface area contributed by atoms with Crippen LogP contribution in [0.15, 0.2) is 42.5 Å². The van der Waals surface area contributed by atoms with Crippen LogP contribution in [0.4, 0.5) is 11.4 Å². The highest BCUT2D eigenvalue weighted by Crippen LogP contribution is 2.27. The summed E-state index contributed by atoms with van der Waals surface area (Å²) in [4.78, 5) is 39.6. The molecule has 1 heterocycles. The first kappa shape index (κ1) is 23.0. The average molecular weight is 465 g/mol. The summed E-state index contributed by atoms with van der Waals surface area (Å²) in [5, 5.41) is 14.2. The van der Waals surface area contributed by atoms with Gasteiger partial charge >= 0.3 is 0 Å². The van der Waals surface area contributed by atoms with Crippen molar-refractivity contribution in [2.75, 3.05) is 31.5 Å². The second-order valence-electron chi connectivity index (χ2n) is 7.28. The first-order valence-corrected chi connectivity index (χ1v) is 10.6. The van der Waals surface area contributed by atoms with Crippen molar-refractivity contribution in [1.82, 2.24) is 9.80 Å². The average Bonchev–Trinajstić information content (AvgIpc) is 3.00. The van der Waals surface area contributed by atoms with E-state index in [1.807, 2.05) is 4.90 Å². The fourth-order valence-electron chi connectivity index (χ4n) is 3.45. The van der Waals surface area contributed by atoms with E-state index >= 15 is 0 Å². The third-order valence-electron chi connectivity index (χ3n) is 5.24. The lowest BCUT2D eigenvalue weighted by Gasteiger charge is -2.27. The second kappa shape index (κ2) is 10.1. The molecule has 2 aromatic carbocycles. The Labute approximate surface area is 189 Å². The van der Waals surface area contributed by atoms with E-state index in [2.05, 4.69) is 5.32 Å². The highest BCUT2D eigenvalue weighted by Gasteiger charge is 2.26. The molecule has 0 spiro atoms. The molecule has 1 atom stereocenters. The number of nitro groups is 1. The molecule has 0 radical (unpaired) electrons. The van der Waals surface area contributed by atoms with Crippen molar-refractivity contribution in [3.63, 3.8) is 0 Å². The van der Waals surface area contributed by atoms with E-state index in [9.17, 15) is 19.7 Å². The number of carbonyl (C=O) groups is 2. The minimum atomic E-state index is -0.548. The number of carbonyl (C=O) groups excluding carboxylic acids is 2. The molecular weight excluding hydrogens is 443 g/mol. The third-order valence-corrected chi connectivity index (χ3v) is 5.79. The van der Waals surface area contributed by atoms with E-state index in [0.29, 0.717) is 42.5 Å². The molecule has 164 valence electrons. The topological polar surface area (TPSA) is 95.8 Å². The van der Waals surface area contributed by atoms with Crippen LogP contribution in [0.25, 0.3) is 0 Å². The Hall–Kier alpha value is -2.68. The van der Waals surface area contributed by atoms with E-state index in [4.69, 9.17) is 23.2 Å². The van der Waals surface area contributed by atoms with Crippen molar-refractivity contribution >= 4 is 46.4 Å². The highest BCUT2D eigenvalue weighted by molar-refractivity contribution is 6.34. The summed E-state index contributed by atoms with van der Waals surface area (Å²) in [5.74, 6) is -0.357. The minimum absolute atomic E-state index is 0.0842. The lowest BCUT2D eigenvalue weighted by Crippen LogP contribution is -2.44. The largest absolute Gasteiger partial charge is 0.337 e. The summed E-state index contributed by atoms with van der Waals surface area (Å²) in [7, 11) is 0. The Bertz CT molecular complexity index is 1000. The van der Waals surface area contributed by atoms with Gasteiger partial charge in [-0.15, -0.1) is 0 Å². The van der Waals surface area contributed by atoms with Crippen LogP contribution in [-0.2, 0) is 4.79 Å². The van der Waals surface area contributed by atoms with Crippen molar-refractivity contribution in [3.8, 4) is 0 Å². The van der Waals surface area contributed by atoms with Crippen LogP contribution in [0, 0.1) is 10.1 Å². The number of rotatable bonds is 5. The molecule has 0 aliphatic carbocycles. The number of nitrogens with one attached hydrogen (secondary N) is 1. The molecule has 3 rings (SSSR count). The van der Waals surface area contributed by atoms with Gasteiger partial charge in [-0.3, -0.25) is 24.6 Å². The molecule has 2 amide bonds. The normalized spacial score (nSPS) is 15.8. The van der Waals surface area contributed by atoms with Crippen molar-refractivity contribution in [1.29, 1.82) is 0 Å². The molecule has 1 fully saturated rings. The van der Waals surface area contributed by atoms with Gasteiger partial charge in [0.25, 0.3) is 11.6 Å². The van der Waals surface area contributed by atoms with E-state index in [0.717, 1.165) is 6.42 Å². The van der Waals surface area contributed by atoms with Crippen LogP contribution in [-0.4, -0.2) is 58.8 Å². The van der Waals surface area contributed by atoms with Crippen LogP contribution in [0.1, 0.15) is 23.7 Å². The summed E-state index contributed by atoms with van der Waals surface area (Å²) >= 11 is 12.1. The number of halogens is 2. The maximum Gasteiger partial charge on any atom is 0.271 e. The summed E-state index contributed by atoms with van der Waals surface area (Å²) in [6, 6.07) is 10.3. The molecule has 0 saturated carbocycles. The number of hydrogen-bond donors (Lipinski definition) is 1. The molecule has 8 nitrogen and oxygen atoms in total. The number of non-ortho nitro benzene ring substituents is 1. The number of hydrogen-bond acceptors (Lipinski definition) is 5. The second-order valence-corrected chi connectivity index (χ2v) is 8.12. The maximum atomic E-state index is 12.8. The van der Waals surface area contributed by atoms with E-state index in [1.54, 1.807) is 36.1 Å². The standard InChI is InChI=1S/C21H22Cl2N4O4/c1-14(20(28)24-19-7-6-17(27(30)31)13-18(19)23)25-8-3-9-26(11-10-25)21(29)15-4-2-5-16(22)12-15/h2,4-7,12-14H,3,8-11H2,1H3,(H,24,28). The minimum Gasteiger partial charge on any atom is -0.337 e. The highest BCUT2D eigenvalue weighted by atomic mass is 35.5. The van der Waals surface area contributed by atoms with E-state index < -0.39 is 11.0 Å². The number of amides is 2. The van der Waals surface area contributed by atoms with Gasteiger partial charge in [-0.2, -0.15) is 0 Å². The van der Waals surface area contributed by atoms with E-state index in [-0.39, 0.29) is 22.5 Å². The Kier molecular flexibility index (Phi) is 7.48. The predicted octanol–water partition coefficient (Wildman–Crippen LogP) is 4.08. The fraction of sp³-hybridized carbons (Fsp3) is 0.333. The molecule has 10 heteroatoms. The van der Waals surface area contributed by atoms with Crippen LogP contribution < -0.4 is 5.32 Å². The molecule has 1 unspecified atom stereocenters. The van der Waals surface area contributed by atoms with Crippen molar-refractivity contribution in [3.05, 3.63) is 68.2 Å². The molecule has 1 saturated heterocycles. The van der Waals surface area contributed by atoms with Gasteiger partial charge in [-0.25, -0.2) is 0 Å². The third kappa shape index (κ3) is 5.72. The summed E-state index contributed by atoms with van der Waals surface area (Å²) in [6.07, 6.45) is 0.724. The van der Waals surface area contributed by atoms with Crippen molar-refractivity contribution < 1.29 is 14.5 Å². The number of benzene rings is 2. The quantitative estimate of drug-likeness (QED) is 0.531. The Morgan fingerprint density at radius 3 is 2.55 bits per heavy atom. The van der Waals surface area contributed by atoms with Gasteiger partial charge < -0.3 is 10.2 Å². The SMILES string of the molecule is CC(C(=O)Nc1ccc([N+](=O)[O-])cc1Cl)N1CCCN(C(=O)c2cccc(Cl)c2)CC1. The predicted molar refractivity (Wildman–Crippen MR) is 120 cm³/mol. The maximum absolute atomic E-state index is 12.8. The number of nitrogens with zero attached hydrogens (tertiary/aromatic N) is 3. The van der Waals surface area contributed by atoms with Gasteiger partial charge in [0.05, 0.1) is 21.7 Å². The first-order chi connectivity index (χ1) is 14.8. The zero-order valence-corrected chi connectivity index (χ0v) is 18.4. The summed E-state index contributed by atoms with van der Waals surface area (Å²) in [6.45, 7) is 4.05. The number of nitro benzene ring substituents is 1. The summed E-state index contributed by atoms with van der Waals surface area (Å²) in [5.41, 5.74) is 0.712. The van der Waals surface area contributed by atoms with Gasteiger partial charge in [0.2, 0.25) is 5.91 Å². The molecular formula is C21H22Cl2N4O4. The monoisotopic (exact) mass is 464 g/mol. The Morgan fingerprint density at radius 1 is 1.10 bits per heavy atom. The molecule has 0 aromatic heterocycles. The molecule has 1 aliphatic rings. The zero-order valence-electron chi connectivity index (χ0n) is 16.9. The van der Waals surface area contributed by atoms with Crippen molar-refractivity contribution in [2.45, 2.75) is 19.4 Å². The molecule has 2 aromatic rings. The van der Waals surface area contributed by atoms with Gasteiger partial charge in [0.15, 0.2) is 0 Å². The lowest BCUT2D eigenvalue weighted by molar-refractivity contribution is -0.384. The smallest absolute Gasteiger partial charge is 0.271 e. The number of anilines is 1. The Morgan fingerprint density at radius 2 is 1.87 bits per heavy atom.